The molecular weight excluding hydrogens is 460 g/mol. The summed E-state index contributed by atoms with van der Waals surface area (Å²) in [4.78, 5) is 12.5. The van der Waals surface area contributed by atoms with Crippen LogP contribution in [0.2, 0.25) is 0 Å². The van der Waals surface area contributed by atoms with E-state index in [0.717, 1.165) is 29.6 Å². The third kappa shape index (κ3) is 4.91. The number of aliphatic hydroxyl groups excluding tert-OH is 2. The van der Waals surface area contributed by atoms with Crippen molar-refractivity contribution in [3.8, 4) is 0 Å². The summed E-state index contributed by atoms with van der Waals surface area (Å²) in [7, 11) is 0. The molecule has 1 saturated heterocycles. The topological polar surface area (TPSA) is 66.8 Å². The maximum Gasteiger partial charge on any atom is 0.334 e. The number of benzene rings is 1. The number of fused-ring (bicyclic) bond motifs is 1. The first kappa shape index (κ1) is 26.2. The first-order valence-corrected chi connectivity index (χ1v) is 14.1. The summed E-state index contributed by atoms with van der Waals surface area (Å²) in [5, 5.41) is 20.4. The van der Waals surface area contributed by atoms with Gasteiger partial charge in [-0.1, -0.05) is 75.1 Å². The Labute approximate surface area is 221 Å². The van der Waals surface area contributed by atoms with E-state index in [1.54, 1.807) is 0 Å². The van der Waals surface area contributed by atoms with Gasteiger partial charge >= 0.3 is 5.97 Å². The number of allylic oxidation sites excluding steroid dienone is 3. The van der Waals surface area contributed by atoms with E-state index < -0.39 is 12.2 Å². The fourth-order valence-electron chi connectivity index (χ4n) is 8.10. The number of carbonyl (C=O) groups excluding carboxylic acids is 1. The number of hydrogen-bond acceptors (Lipinski definition) is 4. The highest BCUT2D eigenvalue weighted by atomic mass is 16.6. The lowest BCUT2D eigenvalue weighted by molar-refractivity contribution is -0.139. The highest BCUT2D eigenvalue weighted by Gasteiger charge is 2.52. The largest absolute Gasteiger partial charge is 0.458 e. The molecule has 1 aromatic carbocycles. The second-order valence-electron chi connectivity index (χ2n) is 12.2. The molecule has 8 atom stereocenters. The zero-order valence-electron chi connectivity index (χ0n) is 22.4. The molecule has 4 nitrogen and oxygen atoms in total. The summed E-state index contributed by atoms with van der Waals surface area (Å²) in [6.07, 6.45) is 10.8. The van der Waals surface area contributed by atoms with Crippen LogP contribution in [0.3, 0.4) is 0 Å². The average Bonchev–Trinajstić information content (AvgIpc) is 3.36. The van der Waals surface area contributed by atoms with Gasteiger partial charge in [-0.2, -0.15) is 0 Å². The number of cyclic esters (lactones) is 1. The molecule has 0 bridgehead atoms. The fourth-order valence-corrected chi connectivity index (χ4v) is 8.10. The van der Waals surface area contributed by atoms with E-state index in [1.807, 2.05) is 18.2 Å². The van der Waals surface area contributed by atoms with Crippen LogP contribution in [0.25, 0.3) is 0 Å². The molecule has 4 aliphatic rings. The number of hydrogen-bond donors (Lipinski definition) is 2. The lowest BCUT2D eigenvalue weighted by atomic mass is 9.60. The minimum absolute atomic E-state index is 0.0658. The summed E-state index contributed by atoms with van der Waals surface area (Å²) in [5.41, 5.74) is 5.15. The molecule has 3 aliphatic carbocycles. The minimum atomic E-state index is -0.651. The van der Waals surface area contributed by atoms with Crippen molar-refractivity contribution in [2.24, 2.45) is 23.2 Å². The van der Waals surface area contributed by atoms with Crippen molar-refractivity contribution in [1.82, 2.24) is 0 Å². The smallest absolute Gasteiger partial charge is 0.334 e. The van der Waals surface area contributed by atoms with Crippen molar-refractivity contribution in [3.05, 3.63) is 83.5 Å². The molecule has 0 aromatic heterocycles. The monoisotopic (exact) mass is 502 g/mol. The molecule has 1 aliphatic heterocycles. The summed E-state index contributed by atoms with van der Waals surface area (Å²) >= 11 is 0. The number of aliphatic hydroxyl groups is 2. The lowest BCUT2D eigenvalue weighted by Crippen LogP contribution is -2.37. The summed E-state index contributed by atoms with van der Waals surface area (Å²) in [6.45, 7) is 13.0. The van der Waals surface area contributed by atoms with Gasteiger partial charge in [-0.15, -0.1) is 0 Å². The number of esters is 1. The summed E-state index contributed by atoms with van der Waals surface area (Å²) < 4.78 is 5.89. The summed E-state index contributed by atoms with van der Waals surface area (Å²) in [6, 6.07) is 10.2. The number of carbonyl (C=O) groups is 1. The maximum absolute atomic E-state index is 12.5. The second-order valence-corrected chi connectivity index (χ2v) is 12.2. The Hall–Kier alpha value is -2.43. The molecule has 5 rings (SSSR count). The van der Waals surface area contributed by atoms with Crippen LogP contribution in [0.1, 0.15) is 76.7 Å². The highest BCUT2D eigenvalue weighted by Crippen LogP contribution is 2.60. The van der Waals surface area contributed by atoms with Crippen molar-refractivity contribution in [2.45, 2.75) is 89.4 Å². The van der Waals surface area contributed by atoms with Gasteiger partial charge in [0.05, 0.1) is 18.1 Å². The molecule has 3 saturated carbocycles. The SMILES string of the molecule is C=C1C(=O)O[C@H](C[C@@H](C)[C@H]2CC[C@H]3C(=CC=C4C[C@@H](O)C[C@H](O)C4=C)CCC[C@]23C)[C@H]1c1ccccc1. The van der Waals surface area contributed by atoms with Crippen LogP contribution in [0.5, 0.6) is 0 Å². The van der Waals surface area contributed by atoms with Gasteiger partial charge in [0.25, 0.3) is 0 Å². The van der Waals surface area contributed by atoms with Gasteiger partial charge < -0.3 is 14.9 Å². The first-order chi connectivity index (χ1) is 17.7. The van der Waals surface area contributed by atoms with Crippen LogP contribution < -0.4 is 0 Å². The molecule has 0 unspecified atom stereocenters. The molecule has 1 aromatic rings. The van der Waals surface area contributed by atoms with Gasteiger partial charge in [-0.3, -0.25) is 0 Å². The molecular formula is C33H42O4. The molecule has 2 N–H and O–H groups in total. The number of ether oxygens (including phenoxy) is 1. The van der Waals surface area contributed by atoms with E-state index in [4.69, 9.17) is 4.74 Å². The average molecular weight is 503 g/mol. The van der Waals surface area contributed by atoms with Gasteiger partial charge in [-0.05, 0) is 84.8 Å². The Balaban J connectivity index is 1.33. The minimum Gasteiger partial charge on any atom is -0.458 e. The fraction of sp³-hybridized carbons (Fsp3) is 0.545. The normalized spacial score (nSPS) is 39.2. The van der Waals surface area contributed by atoms with Crippen LogP contribution in [-0.4, -0.2) is 34.5 Å². The van der Waals surface area contributed by atoms with Gasteiger partial charge in [0, 0.05) is 12.0 Å². The van der Waals surface area contributed by atoms with Gasteiger partial charge in [0.2, 0.25) is 0 Å². The molecule has 4 heteroatoms. The van der Waals surface area contributed by atoms with Crippen molar-refractivity contribution >= 4 is 5.97 Å². The molecule has 198 valence electrons. The van der Waals surface area contributed by atoms with Crippen molar-refractivity contribution in [2.75, 3.05) is 0 Å². The summed E-state index contributed by atoms with van der Waals surface area (Å²) in [5.74, 6) is 1.24. The third-order valence-corrected chi connectivity index (χ3v) is 10.0. The van der Waals surface area contributed by atoms with Gasteiger partial charge in [-0.25, -0.2) is 4.79 Å². The van der Waals surface area contributed by atoms with Gasteiger partial charge in [0.1, 0.15) is 6.10 Å². The van der Waals surface area contributed by atoms with Crippen molar-refractivity contribution in [3.63, 3.8) is 0 Å². The standard InChI is InChI=1S/C33H42O4/c1-20(17-30-31(22(3)32(36)37-30)24-9-6-5-7-10-24)27-14-15-28-23(11-8-16-33(27,28)4)12-13-25-18-26(34)19-29(35)21(25)2/h5-7,9-10,12-13,20,26-31,34-35H,2-3,8,11,14-19H2,1,4H3/t20-,26-,27-,28+,29+,30-,31-,33-/m1/s1. The second kappa shape index (κ2) is 10.4. The lowest BCUT2D eigenvalue weighted by Gasteiger charge is -2.44. The Kier molecular flexibility index (Phi) is 7.35. The van der Waals surface area contributed by atoms with E-state index in [-0.39, 0.29) is 23.4 Å². The van der Waals surface area contributed by atoms with Crippen molar-refractivity contribution in [1.29, 1.82) is 0 Å². The predicted octanol–water partition coefficient (Wildman–Crippen LogP) is 6.42. The van der Waals surface area contributed by atoms with E-state index in [9.17, 15) is 15.0 Å². The third-order valence-electron chi connectivity index (χ3n) is 10.0. The van der Waals surface area contributed by atoms with Crippen LogP contribution in [-0.2, 0) is 9.53 Å². The molecule has 1 heterocycles. The molecule has 0 amide bonds. The Morgan fingerprint density at radius 3 is 2.65 bits per heavy atom. The van der Waals surface area contributed by atoms with E-state index in [2.05, 4.69) is 51.3 Å². The van der Waals surface area contributed by atoms with Crippen LogP contribution >= 0.6 is 0 Å². The van der Waals surface area contributed by atoms with E-state index in [0.29, 0.717) is 36.2 Å². The van der Waals surface area contributed by atoms with E-state index in [1.165, 1.54) is 31.3 Å². The Morgan fingerprint density at radius 1 is 1.14 bits per heavy atom. The Bertz CT molecular complexity index is 1110. The van der Waals surface area contributed by atoms with E-state index >= 15 is 0 Å². The molecule has 37 heavy (non-hydrogen) atoms. The highest BCUT2D eigenvalue weighted by molar-refractivity contribution is 5.92. The quantitative estimate of drug-likeness (QED) is 0.360. The Morgan fingerprint density at radius 2 is 1.89 bits per heavy atom. The molecule has 4 fully saturated rings. The number of rotatable bonds is 5. The molecule has 0 spiro atoms. The van der Waals surface area contributed by atoms with Crippen LogP contribution in [0.4, 0.5) is 0 Å². The van der Waals surface area contributed by atoms with Crippen LogP contribution in [0.15, 0.2) is 77.9 Å². The zero-order valence-corrected chi connectivity index (χ0v) is 22.4. The van der Waals surface area contributed by atoms with Crippen LogP contribution in [0, 0.1) is 23.2 Å². The zero-order chi connectivity index (χ0) is 26.3. The first-order valence-electron chi connectivity index (χ1n) is 14.1. The van der Waals surface area contributed by atoms with Gasteiger partial charge in [0.15, 0.2) is 0 Å². The van der Waals surface area contributed by atoms with Crippen molar-refractivity contribution < 1.29 is 19.7 Å². The predicted molar refractivity (Wildman–Crippen MR) is 147 cm³/mol. The maximum atomic E-state index is 12.5. The molecule has 0 radical (unpaired) electrons.